The Labute approximate surface area is 122 Å². The van der Waals surface area contributed by atoms with Crippen LogP contribution in [0.1, 0.15) is 6.92 Å². The van der Waals surface area contributed by atoms with Crippen LogP contribution in [-0.2, 0) is 9.32 Å². The zero-order valence-electron chi connectivity index (χ0n) is 12.1. The number of quaternary nitrogens is 1. The summed E-state index contributed by atoms with van der Waals surface area (Å²) in [6.45, 7) is 19.9. The van der Waals surface area contributed by atoms with Gasteiger partial charge in [-0.15, -0.1) is 0 Å². The second kappa shape index (κ2) is 12.8. The van der Waals surface area contributed by atoms with Crippen molar-refractivity contribution in [3.63, 3.8) is 0 Å². The lowest BCUT2D eigenvalue weighted by Gasteiger charge is -2.35. The van der Waals surface area contributed by atoms with Gasteiger partial charge in [0.05, 0.1) is 26.2 Å². The molecule has 0 aromatic rings. The molecule has 0 bridgehead atoms. The van der Waals surface area contributed by atoms with Crippen molar-refractivity contribution in [3.8, 4) is 0 Å². The Morgan fingerprint density at radius 2 is 1.30 bits per heavy atom. The van der Waals surface area contributed by atoms with Crippen LogP contribution in [0.4, 0.5) is 0 Å². The lowest BCUT2D eigenvalue weighted by Crippen LogP contribution is -2.48. The largest absolute Gasteiger partial charge is 0.395 e. The maximum absolute atomic E-state index is 9.73. The van der Waals surface area contributed by atoms with E-state index in [1.54, 1.807) is 0 Å². The Kier molecular flexibility index (Phi) is 13.4. The molecule has 0 aromatic carbocycles. The van der Waals surface area contributed by atoms with Gasteiger partial charge in [-0.05, 0) is 24.3 Å². The fourth-order valence-electron chi connectivity index (χ4n) is 1.66. The van der Waals surface area contributed by atoms with Crippen LogP contribution in [0.5, 0.6) is 0 Å². The van der Waals surface area contributed by atoms with Gasteiger partial charge < -0.3 is 18.8 Å². The third-order valence-electron chi connectivity index (χ3n) is 2.28. The maximum Gasteiger partial charge on any atom is 0.393 e. The van der Waals surface area contributed by atoms with Crippen molar-refractivity contribution in [3.05, 3.63) is 50.6 Å². The molecule has 2 N–H and O–H groups in total. The standard InChI is InChI=1S/C12H20N.C2H5O4P/c1-5-9-13(10-6-2,11-7-3)12-8-4;1-2(3)6-7(4)5/h5-8H,1-4,9-12H2;4-5H,1H3/q+1;. The van der Waals surface area contributed by atoms with Crippen LogP contribution < -0.4 is 0 Å². The van der Waals surface area contributed by atoms with E-state index < -0.39 is 14.6 Å². The molecule has 0 saturated carbocycles. The van der Waals surface area contributed by atoms with Gasteiger partial charge in [-0.3, -0.25) is 4.79 Å². The van der Waals surface area contributed by atoms with Crippen LogP contribution in [-0.4, -0.2) is 46.4 Å². The quantitative estimate of drug-likeness (QED) is 0.390. The zero-order valence-corrected chi connectivity index (χ0v) is 13.0. The molecule has 0 saturated heterocycles. The van der Waals surface area contributed by atoms with Gasteiger partial charge in [0.1, 0.15) is 0 Å². The van der Waals surface area contributed by atoms with Gasteiger partial charge in [0.15, 0.2) is 0 Å². The Balaban J connectivity index is 0. The molecule has 0 heterocycles. The van der Waals surface area contributed by atoms with Crippen molar-refractivity contribution < 1.29 is 23.6 Å². The molecule has 114 valence electrons. The summed E-state index contributed by atoms with van der Waals surface area (Å²) in [6.07, 6.45) is 7.76. The summed E-state index contributed by atoms with van der Waals surface area (Å²) in [7, 11) is -2.49. The molecule has 0 rings (SSSR count). The predicted molar refractivity (Wildman–Crippen MR) is 83.6 cm³/mol. The van der Waals surface area contributed by atoms with E-state index in [0.29, 0.717) is 0 Å². The maximum atomic E-state index is 9.73. The molecule has 0 aliphatic carbocycles. The van der Waals surface area contributed by atoms with Gasteiger partial charge in [0.2, 0.25) is 0 Å². The van der Waals surface area contributed by atoms with E-state index in [-0.39, 0.29) is 0 Å². The van der Waals surface area contributed by atoms with E-state index in [4.69, 9.17) is 9.79 Å². The van der Waals surface area contributed by atoms with Crippen LogP contribution in [0.2, 0.25) is 0 Å². The van der Waals surface area contributed by atoms with Crippen molar-refractivity contribution in [1.29, 1.82) is 0 Å². The lowest BCUT2D eigenvalue weighted by atomic mass is 10.3. The number of nitrogens with zero attached hydrogens (tertiary/aromatic N) is 1. The summed E-state index contributed by atoms with van der Waals surface area (Å²) in [6, 6.07) is 0. The second-order valence-corrected chi connectivity index (χ2v) is 4.75. The summed E-state index contributed by atoms with van der Waals surface area (Å²) in [5.41, 5.74) is 0. The molecule has 0 amide bonds. The molecule has 20 heavy (non-hydrogen) atoms. The highest BCUT2D eigenvalue weighted by Crippen LogP contribution is 2.23. The molecule has 6 heteroatoms. The van der Waals surface area contributed by atoms with Crippen LogP contribution in [0.15, 0.2) is 50.6 Å². The smallest absolute Gasteiger partial charge is 0.393 e. The summed E-state index contributed by atoms with van der Waals surface area (Å²) in [5, 5.41) is 0. The van der Waals surface area contributed by atoms with Crippen molar-refractivity contribution in [2.45, 2.75) is 6.92 Å². The first-order chi connectivity index (χ1) is 9.37. The third kappa shape index (κ3) is 11.8. The summed E-state index contributed by atoms with van der Waals surface area (Å²) in [5.74, 6) is -0.684. The molecular weight excluding hydrogens is 277 g/mol. The first-order valence-corrected chi connectivity index (χ1v) is 7.19. The van der Waals surface area contributed by atoms with Gasteiger partial charge >= 0.3 is 14.6 Å². The zero-order chi connectivity index (χ0) is 16.0. The van der Waals surface area contributed by atoms with E-state index in [9.17, 15) is 4.79 Å². The molecule has 0 radical (unpaired) electrons. The monoisotopic (exact) mass is 302 g/mol. The van der Waals surface area contributed by atoms with Crippen molar-refractivity contribution in [2.24, 2.45) is 0 Å². The first kappa shape index (κ1) is 21.0. The van der Waals surface area contributed by atoms with Crippen LogP contribution >= 0.6 is 8.60 Å². The van der Waals surface area contributed by atoms with Gasteiger partial charge in [-0.25, -0.2) is 0 Å². The molecule has 0 atom stereocenters. The topological polar surface area (TPSA) is 66.8 Å². The summed E-state index contributed by atoms with van der Waals surface area (Å²) in [4.78, 5) is 25.5. The minimum Gasteiger partial charge on any atom is -0.395 e. The predicted octanol–water partition coefficient (Wildman–Crippen LogP) is 2.31. The van der Waals surface area contributed by atoms with Gasteiger partial charge in [-0.2, -0.15) is 0 Å². The highest BCUT2D eigenvalue weighted by Gasteiger charge is 2.20. The Morgan fingerprint density at radius 1 is 1.00 bits per heavy atom. The highest BCUT2D eigenvalue weighted by molar-refractivity contribution is 7.40. The number of carbonyl (C=O) groups is 1. The Bertz CT molecular complexity index is 284. The highest BCUT2D eigenvalue weighted by atomic mass is 31.2. The fourth-order valence-corrected chi connectivity index (χ4v) is 1.89. The minimum atomic E-state index is -2.49. The summed E-state index contributed by atoms with van der Waals surface area (Å²) < 4.78 is 4.69. The Hall–Kier alpha value is -1.26. The number of hydrogen-bond donors (Lipinski definition) is 2. The molecule has 0 unspecified atom stereocenters. The van der Waals surface area contributed by atoms with E-state index in [1.165, 1.54) is 0 Å². The van der Waals surface area contributed by atoms with E-state index >= 15 is 0 Å². The molecule has 0 spiro atoms. The Morgan fingerprint density at radius 3 is 1.40 bits per heavy atom. The van der Waals surface area contributed by atoms with Crippen molar-refractivity contribution in [2.75, 3.05) is 26.2 Å². The van der Waals surface area contributed by atoms with Crippen molar-refractivity contribution >= 4 is 14.6 Å². The number of rotatable bonds is 9. The van der Waals surface area contributed by atoms with Crippen molar-refractivity contribution in [1.82, 2.24) is 0 Å². The normalized spacial score (nSPS) is 10.0. The minimum absolute atomic E-state index is 0.684. The van der Waals surface area contributed by atoms with E-state index in [0.717, 1.165) is 37.6 Å². The number of carbonyl (C=O) groups excluding carboxylic acids is 1. The fraction of sp³-hybridized carbons (Fsp3) is 0.357. The van der Waals surface area contributed by atoms with Gasteiger partial charge in [0, 0.05) is 6.92 Å². The second-order valence-electron chi connectivity index (χ2n) is 4.06. The molecule has 0 fully saturated rings. The first-order valence-electron chi connectivity index (χ1n) is 6.02. The van der Waals surface area contributed by atoms with Gasteiger partial charge in [0.25, 0.3) is 0 Å². The molecule has 5 nitrogen and oxygen atoms in total. The SMILES string of the molecule is C=CC[N+](CC=C)(CC=C)CC=C.CC(=O)OP(O)O. The molecule has 0 aliphatic heterocycles. The third-order valence-corrected chi connectivity index (χ3v) is 2.70. The molecule has 0 aromatic heterocycles. The van der Waals surface area contributed by atoms with Gasteiger partial charge in [-0.1, -0.05) is 26.3 Å². The van der Waals surface area contributed by atoms with E-state index in [1.807, 2.05) is 24.3 Å². The molecular formula is C14H25NO4P+. The lowest BCUT2D eigenvalue weighted by molar-refractivity contribution is -0.906. The average Bonchev–Trinajstić information content (AvgIpc) is 2.29. The van der Waals surface area contributed by atoms with E-state index in [2.05, 4.69) is 30.8 Å². The summed E-state index contributed by atoms with van der Waals surface area (Å²) >= 11 is 0. The number of hydrogen-bond acceptors (Lipinski definition) is 4. The van der Waals surface area contributed by atoms with Crippen LogP contribution in [0, 0.1) is 0 Å². The average molecular weight is 302 g/mol. The van der Waals surface area contributed by atoms with Crippen LogP contribution in [0.25, 0.3) is 0 Å². The molecule has 0 aliphatic rings. The van der Waals surface area contributed by atoms with Crippen LogP contribution in [0.3, 0.4) is 0 Å².